The lowest BCUT2D eigenvalue weighted by molar-refractivity contribution is 1.51. The van der Waals surface area contributed by atoms with Crippen molar-refractivity contribution in [1.82, 2.24) is 0 Å². The summed E-state index contributed by atoms with van der Waals surface area (Å²) in [6, 6.07) is 17.1. The lowest BCUT2D eigenvalue weighted by Crippen LogP contribution is -1.86. The molecule has 1 aromatic heterocycles. The maximum atomic E-state index is 3.14. The summed E-state index contributed by atoms with van der Waals surface area (Å²) in [6.07, 6.45) is 0. The van der Waals surface area contributed by atoms with Crippen molar-refractivity contribution in [1.29, 1.82) is 0 Å². The van der Waals surface area contributed by atoms with Gasteiger partial charge in [0.15, 0.2) is 0 Å². The van der Waals surface area contributed by atoms with Gasteiger partial charge in [0.05, 0.1) is 0 Å². The van der Waals surface area contributed by atoms with Crippen molar-refractivity contribution in [3.63, 3.8) is 0 Å². The van der Waals surface area contributed by atoms with Gasteiger partial charge in [-0.25, -0.2) is 0 Å². The van der Waals surface area contributed by atoms with Gasteiger partial charge in [-0.1, -0.05) is 30.3 Å². The molecule has 2 heteroatoms. The average molecular weight is 239 g/mol. The van der Waals surface area contributed by atoms with Gasteiger partial charge >= 0.3 is 0 Å². The van der Waals surface area contributed by atoms with E-state index < -0.39 is 0 Å². The molecule has 0 fully saturated rings. The Bertz CT molecular complexity index is 637. The monoisotopic (exact) mass is 239 g/mol. The Hall–Kier alpha value is -1.80. The number of hydrogen-bond donors (Lipinski definition) is 1. The minimum atomic E-state index is 1.15. The topological polar surface area (TPSA) is 12.0 Å². The SMILES string of the molecule is CNc1ccc(-c2csc3ccccc23)cc1. The molecule has 84 valence electrons. The van der Waals surface area contributed by atoms with E-state index in [0.29, 0.717) is 0 Å². The van der Waals surface area contributed by atoms with Crippen molar-refractivity contribution in [2.45, 2.75) is 0 Å². The van der Waals surface area contributed by atoms with E-state index in [1.165, 1.54) is 21.2 Å². The van der Waals surface area contributed by atoms with E-state index >= 15 is 0 Å². The third-order valence-electron chi connectivity index (χ3n) is 2.97. The largest absolute Gasteiger partial charge is 0.388 e. The average Bonchev–Trinajstić information content (AvgIpc) is 2.83. The molecule has 0 aliphatic carbocycles. The van der Waals surface area contributed by atoms with Gasteiger partial charge in [-0.05, 0) is 29.1 Å². The molecular formula is C15H13NS. The number of fused-ring (bicyclic) bond motifs is 1. The first kappa shape index (κ1) is 10.4. The minimum Gasteiger partial charge on any atom is -0.388 e. The van der Waals surface area contributed by atoms with Gasteiger partial charge in [0.1, 0.15) is 0 Å². The summed E-state index contributed by atoms with van der Waals surface area (Å²) < 4.78 is 1.35. The van der Waals surface area contributed by atoms with Crippen molar-refractivity contribution in [2.24, 2.45) is 0 Å². The highest BCUT2D eigenvalue weighted by Gasteiger charge is 2.05. The Morgan fingerprint density at radius 1 is 0.941 bits per heavy atom. The van der Waals surface area contributed by atoms with E-state index in [9.17, 15) is 0 Å². The van der Waals surface area contributed by atoms with Crippen LogP contribution in [0, 0.1) is 0 Å². The first-order valence-electron chi connectivity index (χ1n) is 5.63. The van der Waals surface area contributed by atoms with Crippen LogP contribution in [0.3, 0.4) is 0 Å². The smallest absolute Gasteiger partial charge is 0.0349 e. The van der Waals surface area contributed by atoms with Crippen LogP contribution in [0.2, 0.25) is 0 Å². The predicted molar refractivity (Wildman–Crippen MR) is 76.8 cm³/mol. The van der Waals surface area contributed by atoms with E-state index in [4.69, 9.17) is 0 Å². The van der Waals surface area contributed by atoms with Crippen molar-refractivity contribution >= 4 is 27.1 Å². The van der Waals surface area contributed by atoms with Gasteiger partial charge in [0, 0.05) is 28.4 Å². The minimum absolute atomic E-state index is 1.15. The highest BCUT2D eigenvalue weighted by molar-refractivity contribution is 7.17. The molecule has 1 nitrogen and oxygen atoms in total. The maximum absolute atomic E-state index is 3.14. The fourth-order valence-corrected chi connectivity index (χ4v) is 2.99. The van der Waals surface area contributed by atoms with Crippen LogP contribution in [0.4, 0.5) is 5.69 Å². The molecule has 3 rings (SSSR count). The second-order valence-corrected chi connectivity index (χ2v) is 4.88. The molecule has 0 bridgehead atoms. The zero-order valence-electron chi connectivity index (χ0n) is 9.60. The summed E-state index contributed by atoms with van der Waals surface area (Å²) in [5, 5.41) is 6.72. The van der Waals surface area contributed by atoms with E-state index in [-0.39, 0.29) is 0 Å². The standard InChI is InChI=1S/C15H13NS/c1-16-12-8-6-11(7-9-12)14-10-17-15-5-3-2-4-13(14)15/h2-10,16H,1H3. The fraction of sp³-hybridized carbons (Fsp3) is 0.0667. The molecule has 3 aromatic rings. The summed E-state index contributed by atoms with van der Waals surface area (Å²) in [6.45, 7) is 0. The molecule has 0 saturated carbocycles. The first-order valence-corrected chi connectivity index (χ1v) is 6.51. The van der Waals surface area contributed by atoms with Crippen LogP contribution in [0.15, 0.2) is 53.9 Å². The fourth-order valence-electron chi connectivity index (χ4n) is 2.02. The molecule has 2 aromatic carbocycles. The molecule has 0 radical (unpaired) electrons. The summed E-state index contributed by atoms with van der Waals surface area (Å²) in [5.41, 5.74) is 3.75. The molecule has 0 unspecified atom stereocenters. The second-order valence-electron chi connectivity index (χ2n) is 3.97. The number of benzene rings is 2. The Balaban J connectivity index is 2.13. The van der Waals surface area contributed by atoms with Crippen LogP contribution in [-0.2, 0) is 0 Å². The predicted octanol–water partition coefficient (Wildman–Crippen LogP) is 4.61. The molecule has 1 N–H and O–H groups in total. The summed E-state index contributed by atoms with van der Waals surface area (Å²) in [4.78, 5) is 0. The van der Waals surface area contributed by atoms with Gasteiger partial charge in [0.25, 0.3) is 0 Å². The second kappa shape index (κ2) is 4.22. The molecule has 0 saturated heterocycles. The Morgan fingerprint density at radius 3 is 2.47 bits per heavy atom. The van der Waals surface area contributed by atoms with Gasteiger partial charge in [-0.15, -0.1) is 11.3 Å². The highest BCUT2D eigenvalue weighted by atomic mass is 32.1. The molecule has 17 heavy (non-hydrogen) atoms. The van der Waals surface area contributed by atoms with Crippen LogP contribution in [0.25, 0.3) is 21.2 Å². The third-order valence-corrected chi connectivity index (χ3v) is 3.93. The van der Waals surface area contributed by atoms with Crippen LogP contribution in [0.5, 0.6) is 0 Å². The summed E-state index contributed by atoms with van der Waals surface area (Å²) in [5.74, 6) is 0. The highest BCUT2D eigenvalue weighted by Crippen LogP contribution is 2.34. The maximum Gasteiger partial charge on any atom is 0.0349 e. The molecule has 0 aliphatic heterocycles. The van der Waals surface area contributed by atoms with Gasteiger partial charge in [0.2, 0.25) is 0 Å². The number of nitrogens with one attached hydrogen (secondary N) is 1. The number of thiophene rings is 1. The molecule has 0 amide bonds. The number of anilines is 1. The third kappa shape index (κ3) is 1.81. The van der Waals surface area contributed by atoms with Gasteiger partial charge < -0.3 is 5.32 Å². The quantitative estimate of drug-likeness (QED) is 0.688. The summed E-state index contributed by atoms with van der Waals surface area (Å²) in [7, 11) is 1.94. The number of hydrogen-bond acceptors (Lipinski definition) is 2. The molecule has 0 aliphatic rings. The molecule has 0 spiro atoms. The molecule has 1 heterocycles. The van der Waals surface area contributed by atoms with Crippen LogP contribution < -0.4 is 5.32 Å². The van der Waals surface area contributed by atoms with E-state index in [2.05, 4.69) is 59.2 Å². The Kier molecular flexibility index (Phi) is 2.57. The van der Waals surface area contributed by atoms with Crippen molar-refractivity contribution < 1.29 is 0 Å². The van der Waals surface area contributed by atoms with E-state index in [1.807, 2.05) is 7.05 Å². The van der Waals surface area contributed by atoms with Crippen LogP contribution in [0.1, 0.15) is 0 Å². The Labute approximate surface area is 105 Å². The van der Waals surface area contributed by atoms with E-state index in [1.54, 1.807) is 11.3 Å². The zero-order valence-corrected chi connectivity index (χ0v) is 10.4. The lowest BCUT2D eigenvalue weighted by atomic mass is 10.0. The van der Waals surface area contributed by atoms with Crippen molar-refractivity contribution in [2.75, 3.05) is 12.4 Å². The first-order chi connectivity index (χ1) is 8.38. The van der Waals surface area contributed by atoms with Crippen LogP contribution in [-0.4, -0.2) is 7.05 Å². The van der Waals surface area contributed by atoms with Gasteiger partial charge in [-0.3, -0.25) is 0 Å². The molecule has 0 atom stereocenters. The number of rotatable bonds is 2. The van der Waals surface area contributed by atoms with Crippen molar-refractivity contribution in [3.8, 4) is 11.1 Å². The van der Waals surface area contributed by atoms with Crippen LogP contribution >= 0.6 is 11.3 Å². The van der Waals surface area contributed by atoms with Crippen molar-refractivity contribution in [3.05, 3.63) is 53.9 Å². The van der Waals surface area contributed by atoms with E-state index in [0.717, 1.165) is 5.69 Å². The van der Waals surface area contributed by atoms with Gasteiger partial charge in [-0.2, -0.15) is 0 Å². The molecular weight excluding hydrogens is 226 g/mol. The normalized spacial score (nSPS) is 10.6. The summed E-state index contributed by atoms with van der Waals surface area (Å²) >= 11 is 1.80. The Morgan fingerprint density at radius 2 is 1.71 bits per heavy atom. The zero-order chi connectivity index (χ0) is 11.7. The lowest BCUT2D eigenvalue weighted by Gasteiger charge is -2.02.